The van der Waals surface area contributed by atoms with Gasteiger partial charge in [0.1, 0.15) is 0 Å². The molecule has 2 aromatic heterocycles. The average molecular weight is 238 g/mol. The molecule has 87 valence electrons. The number of nitrogen functional groups attached to an aromatic ring is 1. The Morgan fingerprint density at radius 3 is 2.72 bits per heavy atom. The van der Waals surface area contributed by atoms with Crippen LogP contribution in [0.5, 0.6) is 0 Å². The Morgan fingerprint density at radius 1 is 1.22 bits per heavy atom. The molecule has 3 aromatic rings. The lowest BCUT2D eigenvalue weighted by molar-refractivity contribution is 0.103. The summed E-state index contributed by atoms with van der Waals surface area (Å²) in [7, 11) is 0. The molecule has 6 heteroatoms. The average Bonchev–Trinajstić information content (AvgIpc) is 2.84. The number of nitrogens with one attached hydrogen (secondary N) is 1. The largest absolute Gasteiger partial charge is 0.382 e. The van der Waals surface area contributed by atoms with Crippen molar-refractivity contribution in [2.75, 3.05) is 5.73 Å². The smallest absolute Gasteiger partial charge is 0.228 e. The summed E-state index contributed by atoms with van der Waals surface area (Å²) in [5.74, 6) is 0.174. The Hall–Kier alpha value is -2.76. The quantitative estimate of drug-likeness (QED) is 0.648. The normalized spacial score (nSPS) is 10.7. The van der Waals surface area contributed by atoms with Gasteiger partial charge in [-0.05, 0) is 0 Å². The van der Waals surface area contributed by atoms with E-state index in [0.29, 0.717) is 16.7 Å². The van der Waals surface area contributed by atoms with Crippen LogP contribution in [-0.4, -0.2) is 25.7 Å². The minimum atomic E-state index is -0.215. The Bertz CT molecular complexity index is 720. The summed E-state index contributed by atoms with van der Waals surface area (Å²) in [5, 5.41) is 0. The van der Waals surface area contributed by atoms with Crippen LogP contribution in [0.3, 0.4) is 0 Å². The van der Waals surface area contributed by atoms with Gasteiger partial charge in [0.15, 0.2) is 22.8 Å². The number of hydrogen-bond donors (Lipinski definition) is 2. The second-order valence-electron chi connectivity index (χ2n) is 3.69. The molecule has 0 aliphatic heterocycles. The third-order valence-corrected chi connectivity index (χ3v) is 2.51. The standard InChI is InChI=1S/C12H8N5O/c13-10-8-11(15-6-14-10)17-12(16-8)9(18)7-4-2-1-3-5-7/h1-5H,(H3,13,14,15,16,17). The number of aromatic nitrogens is 4. The van der Waals surface area contributed by atoms with Gasteiger partial charge in [-0.3, -0.25) is 4.79 Å². The van der Waals surface area contributed by atoms with Crippen molar-refractivity contribution in [2.45, 2.75) is 0 Å². The van der Waals surface area contributed by atoms with Crippen LogP contribution in [0, 0.1) is 6.33 Å². The zero-order valence-electron chi connectivity index (χ0n) is 9.21. The first kappa shape index (κ1) is 10.4. The minimum absolute atomic E-state index is 0.191. The van der Waals surface area contributed by atoms with E-state index in [1.807, 2.05) is 6.07 Å². The van der Waals surface area contributed by atoms with Crippen molar-refractivity contribution in [3.05, 3.63) is 48.0 Å². The van der Waals surface area contributed by atoms with Crippen LogP contribution in [0.4, 0.5) is 5.82 Å². The summed E-state index contributed by atoms with van der Waals surface area (Å²) in [6.45, 7) is 0. The topological polar surface area (TPSA) is 97.5 Å². The molecule has 0 amide bonds. The van der Waals surface area contributed by atoms with E-state index >= 15 is 0 Å². The number of imidazole rings is 1. The first-order chi connectivity index (χ1) is 8.75. The van der Waals surface area contributed by atoms with Crippen LogP contribution in [0.25, 0.3) is 11.2 Å². The maximum absolute atomic E-state index is 12.1. The monoisotopic (exact) mass is 238 g/mol. The molecule has 0 atom stereocenters. The third kappa shape index (κ3) is 1.60. The van der Waals surface area contributed by atoms with Crippen LogP contribution < -0.4 is 5.73 Å². The summed E-state index contributed by atoms with van der Waals surface area (Å²) >= 11 is 0. The SMILES string of the molecule is Nc1n[c]nc2[nH]c(C(=O)c3ccccc3)nc12. The summed E-state index contributed by atoms with van der Waals surface area (Å²) in [4.78, 5) is 26.6. The molecule has 0 saturated heterocycles. The van der Waals surface area contributed by atoms with E-state index in [1.165, 1.54) is 0 Å². The second kappa shape index (κ2) is 3.92. The molecule has 0 fully saturated rings. The number of benzene rings is 1. The fraction of sp³-hybridized carbons (Fsp3) is 0. The van der Waals surface area contributed by atoms with E-state index in [9.17, 15) is 4.79 Å². The molecule has 0 aliphatic rings. The van der Waals surface area contributed by atoms with Crippen LogP contribution >= 0.6 is 0 Å². The molecule has 0 unspecified atom stereocenters. The van der Waals surface area contributed by atoms with Crippen molar-refractivity contribution in [2.24, 2.45) is 0 Å². The number of anilines is 1. The van der Waals surface area contributed by atoms with E-state index < -0.39 is 0 Å². The van der Waals surface area contributed by atoms with Crippen molar-refractivity contribution in [1.82, 2.24) is 19.9 Å². The van der Waals surface area contributed by atoms with Gasteiger partial charge in [0, 0.05) is 5.56 Å². The number of nitrogens with zero attached hydrogens (tertiary/aromatic N) is 3. The number of hydrogen-bond acceptors (Lipinski definition) is 5. The Labute approximate surface area is 102 Å². The van der Waals surface area contributed by atoms with Crippen molar-refractivity contribution in [3.63, 3.8) is 0 Å². The number of carbonyl (C=O) groups is 1. The van der Waals surface area contributed by atoms with Gasteiger partial charge >= 0.3 is 0 Å². The summed E-state index contributed by atoms with van der Waals surface area (Å²) in [6, 6.07) is 8.86. The van der Waals surface area contributed by atoms with Gasteiger partial charge in [-0.25, -0.2) is 15.0 Å². The number of fused-ring (bicyclic) bond motifs is 1. The zero-order valence-corrected chi connectivity index (χ0v) is 9.21. The highest BCUT2D eigenvalue weighted by atomic mass is 16.1. The summed E-state index contributed by atoms with van der Waals surface area (Å²) in [6.07, 6.45) is 2.39. The predicted molar refractivity (Wildman–Crippen MR) is 64.8 cm³/mol. The van der Waals surface area contributed by atoms with E-state index in [1.54, 1.807) is 24.3 Å². The lowest BCUT2D eigenvalue weighted by atomic mass is 10.1. The minimum Gasteiger partial charge on any atom is -0.382 e. The van der Waals surface area contributed by atoms with Crippen LogP contribution in [0.1, 0.15) is 16.2 Å². The molecule has 18 heavy (non-hydrogen) atoms. The highest BCUT2D eigenvalue weighted by Gasteiger charge is 2.15. The first-order valence-corrected chi connectivity index (χ1v) is 5.25. The molecular formula is C12H8N5O. The molecule has 3 N–H and O–H groups in total. The number of rotatable bonds is 2. The van der Waals surface area contributed by atoms with Gasteiger partial charge < -0.3 is 10.7 Å². The lowest BCUT2D eigenvalue weighted by Crippen LogP contribution is -2.03. The second-order valence-corrected chi connectivity index (χ2v) is 3.69. The van der Waals surface area contributed by atoms with Crippen molar-refractivity contribution in [1.29, 1.82) is 0 Å². The fourth-order valence-electron chi connectivity index (χ4n) is 1.64. The van der Waals surface area contributed by atoms with E-state index in [2.05, 4.69) is 26.3 Å². The number of nitrogens with two attached hydrogens (primary N) is 1. The highest BCUT2D eigenvalue weighted by Crippen LogP contribution is 2.15. The van der Waals surface area contributed by atoms with Crippen LogP contribution in [0.2, 0.25) is 0 Å². The molecular weight excluding hydrogens is 230 g/mol. The highest BCUT2D eigenvalue weighted by molar-refractivity contribution is 6.08. The molecule has 0 saturated carbocycles. The van der Waals surface area contributed by atoms with Gasteiger partial charge in [0.25, 0.3) is 0 Å². The van der Waals surface area contributed by atoms with Gasteiger partial charge in [-0.1, -0.05) is 30.3 Å². The Morgan fingerprint density at radius 2 is 2.00 bits per heavy atom. The predicted octanol–water partition coefficient (Wildman–Crippen LogP) is 0.966. The molecule has 3 rings (SSSR count). The molecule has 0 spiro atoms. The maximum atomic E-state index is 12.1. The van der Waals surface area contributed by atoms with E-state index in [4.69, 9.17) is 5.73 Å². The number of H-pyrrole nitrogens is 1. The fourth-order valence-corrected chi connectivity index (χ4v) is 1.64. The number of ketones is 1. The molecule has 2 heterocycles. The Balaban J connectivity index is 2.10. The lowest BCUT2D eigenvalue weighted by Gasteiger charge is -1.95. The van der Waals surface area contributed by atoms with Gasteiger partial charge in [-0.2, -0.15) is 0 Å². The van der Waals surface area contributed by atoms with E-state index in [0.717, 1.165) is 0 Å². The van der Waals surface area contributed by atoms with Gasteiger partial charge in [-0.15, -0.1) is 0 Å². The van der Waals surface area contributed by atoms with Crippen molar-refractivity contribution >= 4 is 22.8 Å². The summed E-state index contributed by atoms with van der Waals surface area (Å²) < 4.78 is 0. The maximum Gasteiger partial charge on any atom is 0.228 e. The zero-order chi connectivity index (χ0) is 12.5. The van der Waals surface area contributed by atoms with Crippen molar-refractivity contribution in [3.8, 4) is 0 Å². The Kier molecular flexibility index (Phi) is 2.26. The molecule has 1 aromatic carbocycles. The van der Waals surface area contributed by atoms with Crippen LogP contribution in [-0.2, 0) is 0 Å². The molecule has 0 aliphatic carbocycles. The molecule has 0 bridgehead atoms. The van der Waals surface area contributed by atoms with Gasteiger partial charge in [0.05, 0.1) is 0 Å². The summed E-state index contributed by atoms with van der Waals surface area (Å²) in [5.41, 5.74) is 6.97. The van der Waals surface area contributed by atoms with E-state index in [-0.39, 0.29) is 17.4 Å². The first-order valence-electron chi connectivity index (χ1n) is 5.25. The van der Waals surface area contributed by atoms with Crippen LogP contribution in [0.15, 0.2) is 30.3 Å². The number of aromatic amines is 1. The third-order valence-electron chi connectivity index (χ3n) is 2.51. The number of carbonyl (C=O) groups excluding carboxylic acids is 1. The van der Waals surface area contributed by atoms with Crippen molar-refractivity contribution < 1.29 is 4.79 Å². The van der Waals surface area contributed by atoms with Gasteiger partial charge in [0.2, 0.25) is 12.1 Å². The molecule has 1 radical (unpaired) electrons. The molecule has 6 nitrogen and oxygen atoms in total.